The molecule has 0 radical (unpaired) electrons. The first kappa shape index (κ1) is 17.1. The van der Waals surface area contributed by atoms with Gasteiger partial charge in [0.1, 0.15) is 0 Å². The second kappa shape index (κ2) is 7.48. The Bertz CT molecular complexity index is 705. The summed E-state index contributed by atoms with van der Waals surface area (Å²) >= 11 is 0. The molecule has 0 aliphatic carbocycles. The Morgan fingerprint density at radius 2 is 2.00 bits per heavy atom. The number of para-hydroxylation sites is 1. The Hall–Kier alpha value is -1.36. The quantitative estimate of drug-likeness (QED) is 0.714. The van der Waals surface area contributed by atoms with Crippen LogP contribution in [0.15, 0.2) is 24.3 Å². The molecule has 0 saturated carbocycles. The number of aromatic amines is 1. The summed E-state index contributed by atoms with van der Waals surface area (Å²) in [6.45, 7) is 7.96. The van der Waals surface area contributed by atoms with E-state index >= 15 is 0 Å². The smallest absolute Gasteiger partial charge is 0.157 e. The molecule has 4 rings (SSSR count). The molecule has 1 N–H and O–H groups in total. The molecule has 1 aromatic heterocycles. The van der Waals surface area contributed by atoms with E-state index in [0.717, 1.165) is 12.8 Å². The zero-order chi connectivity index (χ0) is 17.2. The van der Waals surface area contributed by atoms with E-state index in [1.165, 1.54) is 42.5 Å². The maximum Gasteiger partial charge on any atom is 0.157 e. The average Bonchev–Trinajstić information content (AvgIpc) is 3.21. The number of nitrogens with one attached hydrogen (secondary N) is 1. The van der Waals surface area contributed by atoms with E-state index < -0.39 is 0 Å². The van der Waals surface area contributed by atoms with Gasteiger partial charge in [0.2, 0.25) is 0 Å². The van der Waals surface area contributed by atoms with Crippen LogP contribution in [0.4, 0.5) is 0 Å². The van der Waals surface area contributed by atoms with Crippen LogP contribution in [-0.4, -0.2) is 42.5 Å². The highest BCUT2D eigenvalue weighted by molar-refractivity contribution is 5.85. The normalized spacial score (nSPS) is 25.0. The van der Waals surface area contributed by atoms with Crippen molar-refractivity contribution < 1.29 is 9.47 Å². The Kier molecular flexibility index (Phi) is 5.11. The van der Waals surface area contributed by atoms with Crippen molar-refractivity contribution >= 4 is 10.9 Å². The number of hydrogen-bond acceptors (Lipinski definition) is 3. The summed E-state index contributed by atoms with van der Waals surface area (Å²) in [5, 5.41) is 1.44. The number of hydrogen-bond donors (Lipinski definition) is 1. The summed E-state index contributed by atoms with van der Waals surface area (Å²) in [5.41, 5.74) is 4.37. The van der Waals surface area contributed by atoms with Crippen LogP contribution in [-0.2, 0) is 9.47 Å². The van der Waals surface area contributed by atoms with Crippen molar-refractivity contribution in [2.75, 3.05) is 26.3 Å². The number of fused-ring (bicyclic) bond motifs is 6. The molecule has 3 heterocycles. The summed E-state index contributed by atoms with van der Waals surface area (Å²) < 4.78 is 11.4. The van der Waals surface area contributed by atoms with Gasteiger partial charge in [-0.25, -0.2) is 0 Å². The molecule has 25 heavy (non-hydrogen) atoms. The number of ether oxygens (including phenoxy) is 2. The topological polar surface area (TPSA) is 37.5 Å². The first-order chi connectivity index (χ1) is 12.3. The van der Waals surface area contributed by atoms with E-state index in [4.69, 9.17) is 9.47 Å². The minimum absolute atomic E-state index is 0.0490. The molecule has 4 nitrogen and oxygen atoms in total. The third-order valence-electron chi connectivity index (χ3n) is 5.80. The van der Waals surface area contributed by atoms with Gasteiger partial charge in [0, 0.05) is 42.3 Å². The number of H-pyrrole nitrogens is 1. The molecule has 1 saturated heterocycles. The first-order valence-corrected chi connectivity index (χ1v) is 9.89. The molecule has 2 aromatic rings. The summed E-state index contributed by atoms with van der Waals surface area (Å²) in [6.07, 6.45) is 4.53. The molecule has 0 amide bonds. The molecule has 2 aliphatic heterocycles. The van der Waals surface area contributed by atoms with Gasteiger partial charge < -0.3 is 14.5 Å². The summed E-state index contributed by atoms with van der Waals surface area (Å²) in [4.78, 5) is 6.43. The molecular weight excluding hydrogens is 312 g/mol. The van der Waals surface area contributed by atoms with Crippen LogP contribution in [0.2, 0.25) is 0 Å². The highest BCUT2D eigenvalue weighted by atomic mass is 16.7. The molecule has 0 spiro atoms. The summed E-state index contributed by atoms with van der Waals surface area (Å²) in [6, 6.07) is 9.32. The van der Waals surface area contributed by atoms with E-state index in [0.29, 0.717) is 25.2 Å². The van der Waals surface area contributed by atoms with E-state index in [1.54, 1.807) is 5.56 Å². The third-order valence-corrected chi connectivity index (χ3v) is 5.80. The van der Waals surface area contributed by atoms with E-state index in [9.17, 15) is 0 Å². The fourth-order valence-corrected chi connectivity index (χ4v) is 4.77. The molecule has 2 bridgehead atoms. The van der Waals surface area contributed by atoms with Crippen LogP contribution in [0.5, 0.6) is 0 Å². The molecule has 1 aromatic carbocycles. The molecule has 3 atom stereocenters. The van der Waals surface area contributed by atoms with Crippen LogP contribution in [0.3, 0.4) is 0 Å². The van der Waals surface area contributed by atoms with Gasteiger partial charge in [0.15, 0.2) is 6.29 Å². The monoisotopic (exact) mass is 342 g/mol. The fraction of sp³-hybridized carbons (Fsp3) is 0.619. The molecule has 2 aliphatic rings. The maximum atomic E-state index is 5.71. The number of aromatic nitrogens is 1. The standard InChI is InChI=1S/C21H30N2O2/c1-3-24-19(25-4-2)11-7-10-18-21-20(15-12-13-23(18)14-15)16-8-5-6-9-17(16)22-21/h5-6,8-9,15,18-19,22H,3-4,7,10-14H2,1-2H3/t15-,18+/m0/s1. The van der Waals surface area contributed by atoms with Gasteiger partial charge in [-0.3, -0.25) is 4.90 Å². The van der Waals surface area contributed by atoms with E-state index in [1.807, 2.05) is 13.8 Å². The predicted octanol–water partition coefficient (Wildman–Crippen LogP) is 4.58. The van der Waals surface area contributed by atoms with E-state index in [2.05, 4.69) is 34.1 Å². The lowest BCUT2D eigenvalue weighted by Gasteiger charge is -2.33. The van der Waals surface area contributed by atoms with E-state index in [-0.39, 0.29) is 6.29 Å². The molecule has 1 unspecified atom stereocenters. The van der Waals surface area contributed by atoms with Crippen LogP contribution in [0.25, 0.3) is 10.9 Å². The molecule has 1 fully saturated rings. The van der Waals surface area contributed by atoms with Gasteiger partial charge in [-0.2, -0.15) is 0 Å². The number of rotatable bonds is 8. The second-order valence-corrected chi connectivity index (χ2v) is 7.27. The Morgan fingerprint density at radius 1 is 1.20 bits per heavy atom. The maximum absolute atomic E-state index is 5.71. The first-order valence-electron chi connectivity index (χ1n) is 9.89. The fourth-order valence-electron chi connectivity index (χ4n) is 4.77. The Labute approximate surface area is 150 Å². The summed E-state index contributed by atoms with van der Waals surface area (Å²) in [7, 11) is 0. The van der Waals surface area contributed by atoms with Crippen LogP contribution in [0.1, 0.15) is 62.7 Å². The van der Waals surface area contributed by atoms with Gasteiger partial charge in [0.25, 0.3) is 0 Å². The lowest BCUT2D eigenvalue weighted by atomic mass is 9.89. The van der Waals surface area contributed by atoms with Crippen molar-refractivity contribution in [3.8, 4) is 0 Å². The highest BCUT2D eigenvalue weighted by Crippen LogP contribution is 2.47. The van der Waals surface area contributed by atoms with Crippen molar-refractivity contribution in [3.05, 3.63) is 35.5 Å². The van der Waals surface area contributed by atoms with Crippen molar-refractivity contribution in [3.63, 3.8) is 0 Å². The summed E-state index contributed by atoms with van der Waals surface area (Å²) in [5.74, 6) is 0.710. The zero-order valence-electron chi connectivity index (χ0n) is 15.5. The van der Waals surface area contributed by atoms with Gasteiger partial charge in [0.05, 0.1) is 6.04 Å². The van der Waals surface area contributed by atoms with Gasteiger partial charge >= 0.3 is 0 Å². The van der Waals surface area contributed by atoms with Gasteiger partial charge in [-0.15, -0.1) is 0 Å². The van der Waals surface area contributed by atoms with Crippen molar-refractivity contribution in [2.45, 2.75) is 57.8 Å². The highest BCUT2D eigenvalue weighted by Gasteiger charge is 2.39. The average molecular weight is 342 g/mol. The number of nitrogens with zero attached hydrogens (tertiary/aromatic N) is 1. The molecule has 4 heteroatoms. The van der Waals surface area contributed by atoms with Crippen molar-refractivity contribution in [1.82, 2.24) is 9.88 Å². The molecule has 136 valence electrons. The third kappa shape index (κ3) is 3.23. The lowest BCUT2D eigenvalue weighted by molar-refractivity contribution is -0.140. The second-order valence-electron chi connectivity index (χ2n) is 7.27. The predicted molar refractivity (Wildman–Crippen MR) is 101 cm³/mol. The van der Waals surface area contributed by atoms with Crippen LogP contribution >= 0.6 is 0 Å². The van der Waals surface area contributed by atoms with Crippen LogP contribution in [0, 0.1) is 0 Å². The molecular formula is C21H30N2O2. The lowest BCUT2D eigenvalue weighted by Crippen LogP contribution is -2.31. The van der Waals surface area contributed by atoms with Gasteiger partial charge in [-0.05, 0) is 57.7 Å². The van der Waals surface area contributed by atoms with Crippen molar-refractivity contribution in [2.24, 2.45) is 0 Å². The zero-order valence-corrected chi connectivity index (χ0v) is 15.5. The number of benzene rings is 1. The SMILES string of the molecule is CCOC(CCC[C@@H]1c2[nH]c3ccccc3c2[C@H]2CCN1C2)OCC. The minimum Gasteiger partial charge on any atom is -0.357 e. The Balaban J connectivity index is 1.51. The van der Waals surface area contributed by atoms with Crippen LogP contribution < -0.4 is 0 Å². The van der Waals surface area contributed by atoms with Gasteiger partial charge in [-0.1, -0.05) is 18.2 Å². The Morgan fingerprint density at radius 3 is 2.80 bits per heavy atom. The minimum atomic E-state index is -0.0490. The largest absolute Gasteiger partial charge is 0.357 e. The van der Waals surface area contributed by atoms with Crippen molar-refractivity contribution in [1.29, 1.82) is 0 Å².